The maximum Gasteiger partial charge on any atom is 0.00618 e. The highest BCUT2D eigenvalue weighted by molar-refractivity contribution is 4.96. The zero-order valence-corrected chi connectivity index (χ0v) is 9.15. The van der Waals surface area contributed by atoms with Gasteiger partial charge < -0.3 is 5.32 Å². The first-order valence-electron chi connectivity index (χ1n) is 5.17. The van der Waals surface area contributed by atoms with E-state index in [2.05, 4.69) is 39.9 Å². The minimum atomic E-state index is 0.629. The van der Waals surface area contributed by atoms with Crippen LogP contribution >= 0.6 is 0 Å². The molecule has 0 saturated heterocycles. The summed E-state index contributed by atoms with van der Waals surface area (Å²) < 4.78 is 0. The zero-order valence-electron chi connectivity index (χ0n) is 9.15. The van der Waals surface area contributed by atoms with Crippen molar-refractivity contribution in [2.24, 2.45) is 17.3 Å². The van der Waals surface area contributed by atoms with Crippen LogP contribution in [0.5, 0.6) is 0 Å². The lowest BCUT2D eigenvalue weighted by molar-refractivity contribution is 0.403. The second-order valence-corrected chi connectivity index (χ2v) is 5.33. The van der Waals surface area contributed by atoms with Gasteiger partial charge in [0.15, 0.2) is 0 Å². The Morgan fingerprint density at radius 2 is 1.83 bits per heavy atom. The van der Waals surface area contributed by atoms with Crippen LogP contribution in [0.25, 0.3) is 0 Å². The number of hydrogen-bond acceptors (Lipinski definition) is 1. The molecule has 0 aromatic carbocycles. The third-order valence-electron chi connectivity index (χ3n) is 3.40. The van der Waals surface area contributed by atoms with Crippen molar-refractivity contribution < 1.29 is 0 Å². The highest BCUT2D eigenvalue weighted by Gasteiger charge is 2.44. The van der Waals surface area contributed by atoms with Gasteiger partial charge in [-0.25, -0.2) is 0 Å². The first-order chi connectivity index (χ1) is 5.43. The third-order valence-corrected chi connectivity index (χ3v) is 3.40. The topological polar surface area (TPSA) is 12.0 Å². The summed E-state index contributed by atoms with van der Waals surface area (Å²) in [5.41, 5.74) is 0.629. The maximum atomic E-state index is 3.60. The summed E-state index contributed by atoms with van der Waals surface area (Å²) in [6.45, 7) is 12.8. The largest absolute Gasteiger partial charge is 0.314 e. The van der Waals surface area contributed by atoms with E-state index in [1.54, 1.807) is 0 Å². The van der Waals surface area contributed by atoms with Gasteiger partial charge >= 0.3 is 0 Å². The molecular weight excluding hydrogens is 146 g/mol. The minimum absolute atomic E-state index is 0.629. The van der Waals surface area contributed by atoms with Crippen LogP contribution in [0.15, 0.2) is 0 Å². The van der Waals surface area contributed by atoms with E-state index in [-0.39, 0.29) is 0 Å². The summed E-state index contributed by atoms with van der Waals surface area (Å²) in [6, 6.07) is 0.668. The van der Waals surface area contributed by atoms with Gasteiger partial charge in [-0.1, -0.05) is 27.7 Å². The Bertz CT molecular complexity index is 147. The Labute approximate surface area is 76.9 Å². The first kappa shape index (κ1) is 10.0. The molecule has 2 atom stereocenters. The Kier molecular flexibility index (Phi) is 2.82. The molecule has 0 bridgehead atoms. The lowest BCUT2D eigenvalue weighted by atomic mass is 10.1. The summed E-state index contributed by atoms with van der Waals surface area (Å²) in [6.07, 6.45) is 1.41. The minimum Gasteiger partial charge on any atom is -0.314 e. The smallest absolute Gasteiger partial charge is 0.00618 e. The molecule has 0 aromatic rings. The van der Waals surface area contributed by atoms with Gasteiger partial charge in [0.05, 0.1) is 0 Å². The van der Waals surface area contributed by atoms with Crippen LogP contribution in [0.4, 0.5) is 0 Å². The van der Waals surface area contributed by atoms with E-state index >= 15 is 0 Å². The normalized spacial score (nSPS) is 29.0. The molecule has 0 aromatic heterocycles. The van der Waals surface area contributed by atoms with Crippen LogP contribution in [0.1, 0.15) is 41.0 Å². The number of nitrogens with one attached hydrogen (secondary N) is 1. The molecule has 72 valence electrons. The van der Waals surface area contributed by atoms with Gasteiger partial charge in [-0.2, -0.15) is 0 Å². The van der Waals surface area contributed by atoms with Crippen LogP contribution in [0.2, 0.25) is 0 Å². The molecule has 0 radical (unpaired) electrons. The highest BCUT2D eigenvalue weighted by atomic mass is 14.9. The Balaban J connectivity index is 2.11. The second-order valence-electron chi connectivity index (χ2n) is 5.33. The summed E-state index contributed by atoms with van der Waals surface area (Å²) in [5.74, 6) is 1.69. The van der Waals surface area contributed by atoms with E-state index in [4.69, 9.17) is 0 Å². The van der Waals surface area contributed by atoms with Gasteiger partial charge in [0.1, 0.15) is 0 Å². The molecule has 1 heteroatoms. The van der Waals surface area contributed by atoms with Gasteiger partial charge in [0.2, 0.25) is 0 Å². The van der Waals surface area contributed by atoms with Crippen molar-refractivity contribution in [1.29, 1.82) is 0 Å². The lowest BCUT2D eigenvalue weighted by Gasteiger charge is -2.17. The van der Waals surface area contributed by atoms with Crippen molar-refractivity contribution in [2.45, 2.75) is 47.1 Å². The van der Waals surface area contributed by atoms with Gasteiger partial charge in [0.25, 0.3) is 0 Å². The lowest BCUT2D eigenvalue weighted by Crippen LogP contribution is -2.32. The molecule has 0 aliphatic heterocycles. The molecule has 1 nitrogen and oxygen atoms in total. The van der Waals surface area contributed by atoms with Crippen molar-refractivity contribution in [3.63, 3.8) is 0 Å². The third kappa shape index (κ3) is 2.48. The van der Waals surface area contributed by atoms with Crippen molar-refractivity contribution in [3.05, 3.63) is 0 Å². The van der Waals surface area contributed by atoms with Crippen LogP contribution in [-0.2, 0) is 0 Å². The summed E-state index contributed by atoms with van der Waals surface area (Å²) in [4.78, 5) is 0. The van der Waals surface area contributed by atoms with E-state index in [1.165, 1.54) is 13.0 Å². The van der Waals surface area contributed by atoms with Crippen LogP contribution < -0.4 is 5.32 Å². The van der Waals surface area contributed by atoms with Gasteiger partial charge in [-0.3, -0.25) is 0 Å². The first-order valence-corrected chi connectivity index (χ1v) is 5.17. The average molecular weight is 169 g/mol. The number of rotatable bonds is 4. The van der Waals surface area contributed by atoms with E-state index in [1.807, 2.05) is 0 Å². The van der Waals surface area contributed by atoms with Crippen molar-refractivity contribution in [3.8, 4) is 0 Å². The monoisotopic (exact) mass is 169 g/mol. The fraction of sp³-hybridized carbons (Fsp3) is 1.00. The molecule has 1 fully saturated rings. The maximum absolute atomic E-state index is 3.60. The molecule has 1 aliphatic rings. The quantitative estimate of drug-likeness (QED) is 0.682. The second kappa shape index (κ2) is 3.37. The molecule has 0 spiro atoms. The summed E-state index contributed by atoms with van der Waals surface area (Å²) in [7, 11) is 0. The van der Waals surface area contributed by atoms with Crippen molar-refractivity contribution >= 4 is 0 Å². The molecule has 2 unspecified atom stereocenters. The van der Waals surface area contributed by atoms with E-state index < -0.39 is 0 Å². The van der Waals surface area contributed by atoms with E-state index in [9.17, 15) is 0 Å². The Morgan fingerprint density at radius 1 is 1.33 bits per heavy atom. The molecule has 1 rings (SSSR count). The highest BCUT2D eigenvalue weighted by Crippen LogP contribution is 2.51. The standard InChI is InChI=1S/C11H23N/c1-8(2)9(3)12-7-10-6-11(10,4)5/h8-10,12H,6-7H2,1-5H3. The Morgan fingerprint density at radius 3 is 2.17 bits per heavy atom. The fourth-order valence-electron chi connectivity index (χ4n) is 1.49. The molecular formula is C11H23N. The summed E-state index contributed by atoms with van der Waals surface area (Å²) >= 11 is 0. The SMILES string of the molecule is CC(C)C(C)NCC1CC1(C)C. The van der Waals surface area contributed by atoms with Crippen LogP contribution in [0, 0.1) is 17.3 Å². The number of hydrogen-bond donors (Lipinski definition) is 1. The fourth-order valence-corrected chi connectivity index (χ4v) is 1.49. The van der Waals surface area contributed by atoms with Gasteiger partial charge in [-0.05, 0) is 37.1 Å². The van der Waals surface area contributed by atoms with Gasteiger partial charge in [-0.15, -0.1) is 0 Å². The molecule has 0 heterocycles. The van der Waals surface area contributed by atoms with Crippen LogP contribution in [0.3, 0.4) is 0 Å². The predicted molar refractivity (Wildman–Crippen MR) is 54.2 cm³/mol. The van der Waals surface area contributed by atoms with E-state index in [0.717, 1.165) is 11.8 Å². The van der Waals surface area contributed by atoms with Gasteiger partial charge in [0, 0.05) is 6.04 Å². The van der Waals surface area contributed by atoms with E-state index in [0.29, 0.717) is 11.5 Å². The Hall–Kier alpha value is -0.0400. The zero-order chi connectivity index (χ0) is 9.35. The summed E-state index contributed by atoms with van der Waals surface area (Å²) in [5, 5.41) is 3.60. The average Bonchev–Trinajstić information content (AvgIpc) is 2.54. The van der Waals surface area contributed by atoms with Crippen molar-refractivity contribution in [1.82, 2.24) is 5.32 Å². The van der Waals surface area contributed by atoms with Crippen LogP contribution in [-0.4, -0.2) is 12.6 Å². The molecule has 1 aliphatic carbocycles. The molecule has 0 amide bonds. The molecule has 12 heavy (non-hydrogen) atoms. The van der Waals surface area contributed by atoms with Crippen molar-refractivity contribution in [2.75, 3.05) is 6.54 Å². The molecule has 1 saturated carbocycles. The molecule has 1 N–H and O–H groups in total. The predicted octanol–water partition coefficient (Wildman–Crippen LogP) is 2.67.